The van der Waals surface area contributed by atoms with Crippen molar-refractivity contribution >= 4 is 10.3 Å². The zero-order valence-corrected chi connectivity index (χ0v) is 8.61. The third-order valence-electron chi connectivity index (χ3n) is 0.884. The van der Waals surface area contributed by atoms with E-state index in [1.807, 2.05) is 18.2 Å². The van der Waals surface area contributed by atoms with Crippen LogP contribution in [0.15, 0.2) is 0 Å². The van der Waals surface area contributed by atoms with Gasteiger partial charge >= 0.3 is 66.1 Å². The van der Waals surface area contributed by atoms with Crippen LogP contribution in [0.4, 0.5) is 0 Å². The number of rotatable bonds is 3. The van der Waals surface area contributed by atoms with Crippen LogP contribution in [0, 0.1) is 5.92 Å². The van der Waals surface area contributed by atoms with Crippen molar-refractivity contribution in [3.63, 3.8) is 0 Å². The maximum atomic E-state index is 10.8. The van der Waals surface area contributed by atoms with Crippen LogP contribution in [0.5, 0.6) is 0 Å². The first-order valence-corrected chi connectivity index (χ1v) is 4.59. The quantitative estimate of drug-likeness (QED) is 0.787. The minimum absolute atomic E-state index is 0.111. The van der Waals surface area contributed by atoms with Gasteiger partial charge in [0.1, 0.15) is 0 Å². The van der Waals surface area contributed by atoms with E-state index in [0.29, 0.717) is 6.54 Å². The van der Waals surface area contributed by atoms with Gasteiger partial charge in [0, 0.05) is 0 Å². The summed E-state index contributed by atoms with van der Waals surface area (Å²) >= 11 is 1.40. The molecule has 0 aromatic rings. The third-order valence-corrected chi connectivity index (χ3v) is 1.48. The standard InChI is InChI=1S/C6H11NO.W/c1-4-7-6(8)5(2)3;/h1,5H,4H2,2-3H3,(H,7,8);. The molecule has 0 spiro atoms. The number of amides is 1. The molecular formula is C6H11NOW. The van der Waals surface area contributed by atoms with Crippen LogP contribution < -0.4 is 5.32 Å². The number of carbonyl (C=O) groups excluding carboxylic acids is 1. The Hall–Kier alpha value is 0.0283. The molecule has 1 N–H and O–H groups in total. The van der Waals surface area contributed by atoms with E-state index in [1.165, 1.54) is 19.4 Å². The molecule has 0 atom stereocenters. The molecule has 9 heavy (non-hydrogen) atoms. The van der Waals surface area contributed by atoms with E-state index >= 15 is 0 Å². The molecule has 0 radical (unpaired) electrons. The van der Waals surface area contributed by atoms with Crippen molar-refractivity contribution in [1.29, 1.82) is 0 Å². The Morgan fingerprint density at radius 1 is 1.78 bits per heavy atom. The predicted molar refractivity (Wildman–Crippen MR) is 33.9 cm³/mol. The van der Waals surface area contributed by atoms with Crippen LogP contribution in [-0.4, -0.2) is 16.9 Å². The van der Waals surface area contributed by atoms with Crippen LogP contribution in [-0.2, 0) is 24.1 Å². The van der Waals surface area contributed by atoms with Gasteiger partial charge in [-0.2, -0.15) is 0 Å². The first-order valence-electron chi connectivity index (χ1n) is 2.90. The summed E-state index contributed by atoms with van der Waals surface area (Å²) < 4.78 is 2.00. The Bertz CT molecular complexity index is 112. The van der Waals surface area contributed by atoms with Gasteiger partial charge in [-0.1, -0.05) is 0 Å². The molecule has 0 saturated carbocycles. The molecule has 3 heteroatoms. The van der Waals surface area contributed by atoms with E-state index in [2.05, 4.69) is 5.32 Å². The molecule has 0 bridgehead atoms. The van der Waals surface area contributed by atoms with Crippen LogP contribution in [0.3, 0.4) is 0 Å². The zero-order chi connectivity index (χ0) is 7.28. The Kier molecular flexibility index (Phi) is 4.88. The summed E-state index contributed by atoms with van der Waals surface area (Å²) in [6.45, 7) is 4.49. The fourth-order valence-corrected chi connectivity index (χ4v) is 0.646. The summed E-state index contributed by atoms with van der Waals surface area (Å²) in [6.07, 6.45) is 0. The molecule has 0 fully saturated rings. The summed E-state index contributed by atoms with van der Waals surface area (Å²) in [4.78, 5) is 10.8. The van der Waals surface area contributed by atoms with Gasteiger partial charge in [0.15, 0.2) is 0 Å². The molecule has 0 heterocycles. The van der Waals surface area contributed by atoms with Crippen molar-refractivity contribution in [2.75, 3.05) is 6.54 Å². The van der Waals surface area contributed by atoms with Crippen LogP contribution >= 0.6 is 0 Å². The molecule has 0 aliphatic rings. The summed E-state index contributed by atoms with van der Waals surface area (Å²) in [5.41, 5.74) is 0. The topological polar surface area (TPSA) is 29.1 Å². The van der Waals surface area contributed by atoms with Gasteiger partial charge in [0.25, 0.3) is 0 Å². The first-order chi connectivity index (χ1) is 4.18. The van der Waals surface area contributed by atoms with Crippen molar-refractivity contribution in [3.8, 4) is 0 Å². The third kappa shape index (κ3) is 4.53. The molecule has 0 unspecified atom stereocenters. The fourth-order valence-electron chi connectivity index (χ4n) is 0.346. The van der Waals surface area contributed by atoms with Crippen molar-refractivity contribution in [2.24, 2.45) is 5.92 Å². The fraction of sp³-hybridized carbons (Fsp3) is 0.667. The first kappa shape index (κ1) is 9.03. The summed E-state index contributed by atoms with van der Waals surface area (Å²) in [6, 6.07) is 0. The Labute approximate surface area is 66.4 Å². The molecule has 2 nitrogen and oxygen atoms in total. The minimum atomic E-state index is 0.111. The zero-order valence-electron chi connectivity index (χ0n) is 5.68. The van der Waals surface area contributed by atoms with E-state index in [4.69, 9.17) is 0 Å². The van der Waals surface area contributed by atoms with E-state index in [-0.39, 0.29) is 11.8 Å². The predicted octanol–water partition coefficient (Wildman–Crippen LogP) is 0.108. The van der Waals surface area contributed by atoms with Crippen molar-refractivity contribution in [2.45, 2.75) is 13.8 Å². The maximum absolute atomic E-state index is 10.8. The van der Waals surface area contributed by atoms with Crippen LogP contribution in [0.2, 0.25) is 0 Å². The van der Waals surface area contributed by atoms with Gasteiger partial charge in [0.05, 0.1) is 0 Å². The second-order valence-corrected chi connectivity index (χ2v) is 3.26. The average molecular weight is 297 g/mol. The second kappa shape index (κ2) is 4.87. The number of hydrogen-bond donors (Lipinski definition) is 1. The van der Waals surface area contributed by atoms with Gasteiger partial charge in [-0.05, 0) is 0 Å². The van der Waals surface area contributed by atoms with E-state index in [9.17, 15) is 4.79 Å². The van der Waals surface area contributed by atoms with E-state index in [0.717, 1.165) is 0 Å². The molecular weight excluding hydrogens is 286 g/mol. The average Bonchev–Trinajstić information content (AvgIpc) is 1.82. The molecule has 52 valence electrons. The Balaban J connectivity index is 3.38. The van der Waals surface area contributed by atoms with E-state index < -0.39 is 0 Å². The van der Waals surface area contributed by atoms with Gasteiger partial charge in [0.2, 0.25) is 0 Å². The molecule has 1 amide bonds. The normalized spacial score (nSPS) is 9.22. The summed E-state index contributed by atoms with van der Waals surface area (Å²) in [7, 11) is 0. The van der Waals surface area contributed by atoms with Crippen molar-refractivity contribution in [1.82, 2.24) is 5.32 Å². The number of carbonyl (C=O) groups is 1. The molecule has 0 saturated heterocycles. The van der Waals surface area contributed by atoms with Crippen molar-refractivity contribution < 1.29 is 24.1 Å². The Morgan fingerprint density at radius 3 is 2.67 bits per heavy atom. The SMILES string of the molecule is CC(C)C(=O)NC[CH]=[W]. The van der Waals surface area contributed by atoms with Crippen molar-refractivity contribution in [3.05, 3.63) is 0 Å². The second-order valence-electron chi connectivity index (χ2n) is 2.07. The monoisotopic (exact) mass is 297 g/mol. The van der Waals surface area contributed by atoms with Gasteiger partial charge in [-0.3, -0.25) is 0 Å². The molecule has 0 rings (SSSR count). The van der Waals surface area contributed by atoms with Gasteiger partial charge in [-0.25, -0.2) is 0 Å². The molecule has 0 aliphatic heterocycles. The van der Waals surface area contributed by atoms with Crippen LogP contribution in [0.1, 0.15) is 13.8 Å². The number of hydrogen-bond acceptors (Lipinski definition) is 1. The molecule has 0 aromatic heterocycles. The molecule has 0 aliphatic carbocycles. The molecule has 0 aromatic carbocycles. The Morgan fingerprint density at radius 2 is 2.33 bits per heavy atom. The summed E-state index contributed by atoms with van der Waals surface area (Å²) in [5, 5.41) is 2.76. The van der Waals surface area contributed by atoms with Gasteiger partial charge < -0.3 is 0 Å². The number of nitrogens with one attached hydrogen (secondary N) is 1. The van der Waals surface area contributed by atoms with Gasteiger partial charge in [-0.15, -0.1) is 0 Å². The summed E-state index contributed by atoms with van der Waals surface area (Å²) in [5.74, 6) is 0.243. The van der Waals surface area contributed by atoms with Crippen LogP contribution in [0.25, 0.3) is 0 Å². The van der Waals surface area contributed by atoms with E-state index in [1.54, 1.807) is 0 Å².